The van der Waals surface area contributed by atoms with E-state index in [1.165, 1.54) is 0 Å². The van der Waals surface area contributed by atoms with Crippen molar-refractivity contribution in [3.05, 3.63) is 11.8 Å². The first kappa shape index (κ1) is 15.2. The maximum Gasteiger partial charge on any atom is 0.307 e. The van der Waals surface area contributed by atoms with E-state index in [1.54, 1.807) is 6.92 Å². The molecule has 1 aromatic rings. The zero-order chi connectivity index (χ0) is 14.1. The van der Waals surface area contributed by atoms with Crippen molar-refractivity contribution in [2.45, 2.75) is 33.6 Å². The zero-order valence-corrected chi connectivity index (χ0v) is 11.8. The summed E-state index contributed by atoms with van der Waals surface area (Å²) >= 11 is 0. The lowest BCUT2D eigenvalue weighted by Crippen LogP contribution is -2.13. The number of aromatic nitrogens is 2. The molecule has 2 N–H and O–H groups in total. The molecule has 1 rings (SSSR count). The third-order valence-electron chi connectivity index (χ3n) is 2.33. The largest absolute Gasteiger partial charge is 0.466 e. The first-order valence-corrected chi connectivity index (χ1v) is 6.64. The van der Waals surface area contributed by atoms with Gasteiger partial charge in [0.1, 0.15) is 5.82 Å². The van der Waals surface area contributed by atoms with E-state index in [0.29, 0.717) is 25.5 Å². The number of carbonyl (C=O) groups is 1. The van der Waals surface area contributed by atoms with Crippen LogP contribution in [0.25, 0.3) is 0 Å². The monoisotopic (exact) mass is 266 g/mol. The standard InChI is InChI=1S/C13H22N4O2/c1-4-7-15-13-16-10(3)9-11(17-13)14-8-6-12(18)19-5-2/h9H,4-8H2,1-3H3,(H2,14,15,16,17). The van der Waals surface area contributed by atoms with Gasteiger partial charge in [0.2, 0.25) is 5.95 Å². The highest BCUT2D eigenvalue weighted by Crippen LogP contribution is 2.09. The molecule has 0 unspecified atom stereocenters. The van der Waals surface area contributed by atoms with Gasteiger partial charge in [0.25, 0.3) is 0 Å². The van der Waals surface area contributed by atoms with E-state index in [9.17, 15) is 4.79 Å². The summed E-state index contributed by atoms with van der Waals surface area (Å²) in [6, 6.07) is 1.85. The molecule has 0 atom stereocenters. The Labute approximate surface area is 114 Å². The van der Waals surface area contributed by atoms with Crippen molar-refractivity contribution in [3.63, 3.8) is 0 Å². The van der Waals surface area contributed by atoms with E-state index in [-0.39, 0.29) is 5.97 Å². The molecule has 0 radical (unpaired) electrons. The Balaban J connectivity index is 2.48. The molecule has 0 aliphatic carbocycles. The third kappa shape index (κ3) is 6.03. The van der Waals surface area contributed by atoms with Crippen molar-refractivity contribution in [3.8, 4) is 0 Å². The van der Waals surface area contributed by atoms with Gasteiger partial charge >= 0.3 is 5.97 Å². The molecular weight excluding hydrogens is 244 g/mol. The van der Waals surface area contributed by atoms with E-state index >= 15 is 0 Å². The summed E-state index contributed by atoms with van der Waals surface area (Å²) < 4.78 is 4.86. The average molecular weight is 266 g/mol. The summed E-state index contributed by atoms with van der Waals surface area (Å²) in [6.07, 6.45) is 1.34. The van der Waals surface area contributed by atoms with E-state index in [4.69, 9.17) is 4.74 Å². The van der Waals surface area contributed by atoms with E-state index in [1.807, 2.05) is 13.0 Å². The molecule has 0 amide bonds. The number of nitrogens with zero attached hydrogens (tertiary/aromatic N) is 2. The summed E-state index contributed by atoms with van der Waals surface area (Å²) in [5.74, 6) is 1.13. The number of rotatable bonds is 8. The lowest BCUT2D eigenvalue weighted by Gasteiger charge is -2.09. The predicted molar refractivity (Wildman–Crippen MR) is 75.3 cm³/mol. The highest BCUT2D eigenvalue weighted by Gasteiger charge is 2.04. The smallest absolute Gasteiger partial charge is 0.307 e. The number of esters is 1. The number of aryl methyl sites for hydroxylation is 1. The Bertz CT molecular complexity index is 410. The minimum absolute atomic E-state index is 0.204. The highest BCUT2D eigenvalue weighted by atomic mass is 16.5. The van der Waals surface area contributed by atoms with Gasteiger partial charge in [0.05, 0.1) is 13.0 Å². The van der Waals surface area contributed by atoms with Crippen LogP contribution >= 0.6 is 0 Å². The van der Waals surface area contributed by atoms with Gasteiger partial charge in [0.15, 0.2) is 0 Å². The molecule has 0 fully saturated rings. The third-order valence-corrected chi connectivity index (χ3v) is 2.33. The fourth-order valence-electron chi connectivity index (χ4n) is 1.50. The van der Waals surface area contributed by atoms with Crippen molar-refractivity contribution < 1.29 is 9.53 Å². The predicted octanol–water partition coefficient (Wildman–Crippen LogP) is 1.97. The Morgan fingerprint density at radius 3 is 2.74 bits per heavy atom. The quantitative estimate of drug-likeness (QED) is 0.701. The molecule has 19 heavy (non-hydrogen) atoms. The summed E-state index contributed by atoms with van der Waals surface area (Å²) in [5.41, 5.74) is 0.882. The Hall–Kier alpha value is -1.85. The van der Waals surface area contributed by atoms with Crippen LogP contribution in [0.2, 0.25) is 0 Å². The van der Waals surface area contributed by atoms with Crippen LogP contribution < -0.4 is 10.6 Å². The molecule has 0 bridgehead atoms. The number of nitrogens with one attached hydrogen (secondary N) is 2. The second kappa shape index (κ2) is 8.29. The second-order valence-corrected chi connectivity index (χ2v) is 4.13. The summed E-state index contributed by atoms with van der Waals surface area (Å²) in [6.45, 7) is 7.55. The molecule has 1 heterocycles. The van der Waals surface area contributed by atoms with Gasteiger partial charge in [-0.1, -0.05) is 6.92 Å². The molecule has 0 saturated heterocycles. The fourth-order valence-corrected chi connectivity index (χ4v) is 1.50. The molecule has 106 valence electrons. The van der Waals surface area contributed by atoms with Gasteiger partial charge in [0, 0.05) is 24.8 Å². The molecule has 0 saturated carbocycles. The van der Waals surface area contributed by atoms with Gasteiger partial charge in [-0.15, -0.1) is 0 Å². The Kier molecular flexibility index (Phi) is 6.63. The molecule has 6 heteroatoms. The number of carbonyl (C=O) groups excluding carboxylic acids is 1. The van der Waals surface area contributed by atoms with Crippen LogP contribution in [-0.4, -0.2) is 35.6 Å². The zero-order valence-electron chi connectivity index (χ0n) is 11.8. The van der Waals surface area contributed by atoms with Gasteiger partial charge < -0.3 is 15.4 Å². The first-order chi connectivity index (χ1) is 9.15. The molecule has 0 aromatic carbocycles. The molecule has 0 aliphatic rings. The minimum atomic E-state index is -0.204. The van der Waals surface area contributed by atoms with Crippen LogP contribution in [0.3, 0.4) is 0 Å². The second-order valence-electron chi connectivity index (χ2n) is 4.13. The summed E-state index contributed by atoms with van der Waals surface area (Å²) in [4.78, 5) is 19.8. The summed E-state index contributed by atoms with van der Waals surface area (Å²) in [5, 5.41) is 6.24. The van der Waals surface area contributed by atoms with Crippen LogP contribution in [0.4, 0.5) is 11.8 Å². The number of ether oxygens (including phenoxy) is 1. The maximum atomic E-state index is 11.2. The van der Waals surface area contributed by atoms with Crippen LogP contribution in [0.1, 0.15) is 32.4 Å². The van der Waals surface area contributed by atoms with Crippen LogP contribution in [0.15, 0.2) is 6.07 Å². The molecule has 6 nitrogen and oxygen atoms in total. The van der Waals surface area contributed by atoms with Gasteiger partial charge in [-0.2, -0.15) is 4.98 Å². The maximum absolute atomic E-state index is 11.2. The lowest BCUT2D eigenvalue weighted by atomic mass is 10.4. The fraction of sp³-hybridized carbons (Fsp3) is 0.615. The molecule has 0 aliphatic heterocycles. The summed E-state index contributed by atoms with van der Waals surface area (Å²) in [7, 11) is 0. The molecular formula is C13H22N4O2. The first-order valence-electron chi connectivity index (χ1n) is 6.64. The SMILES string of the molecule is CCCNc1nc(C)cc(NCCC(=O)OCC)n1. The van der Waals surface area contributed by atoms with E-state index in [0.717, 1.165) is 24.5 Å². The molecule has 1 aromatic heterocycles. The normalized spacial score (nSPS) is 10.1. The molecule has 0 spiro atoms. The van der Waals surface area contributed by atoms with E-state index in [2.05, 4.69) is 27.5 Å². The van der Waals surface area contributed by atoms with Crippen molar-refractivity contribution in [1.29, 1.82) is 0 Å². The van der Waals surface area contributed by atoms with Crippen LogP contribution in [-0.2, 0) is 9.53 Å². The average Bonchev–Trinajstić information content (AvgIpc) is 2.36. The van der Waals surface area contributed by atoms with Crippen LogP contribution in [0.5, 0.6) is 0 Å². The number of hydrogen-bond donors (Lipinski definition) is 2. The Morgan fingerprint density at radius 2 is 2.05 bits per heavy atom. The lowest BCUT2D eigenvalue weighted by molar-refractivity contribution is -0.142. The number of anilines is 2. The van der Waals surface area contributed by atoms with Crippen LogP contribution in [0, 0.1) is 6.92 Å². The number of hydrogen-bond acceptors (Lipinski definition) is 6. The highest BCUT2D eigenvalue weighted by molar-refractivity contribution is 5.70. The van der Waals surface area contributed by atoms with E-state index < -0.39 is 0 Å². The van der Waals surface area contributed by atoms with Gasteiger partial charge in [-0.3, -0.25) is 4.79 Å². The van der Waals surface area contributed by atoms with Crippen molar-refractivity contribution >= 4 is 17.7 Å². The Morgan fingerprint density at radius 1 is 1.26 bits per heavy atom. The van der Waals surface area contributed by atoms with Gasteiger partial charge in [-0.05, 0) is 20.3 Å². The van der Waals surface area contributed by atoms with Crippen molar-refractivity contribution in [2.75, 3.05) is 30.3 Å². The van der Waals surface area contributed by atoms with Gasteiger partial charge in [-0.25, -0.2) is 4.98 Å². The minimum Gasteiger partial charge on any atom is -0.466 e. The van der Waals surface area contributed by atoms with Crippen molar-refractivity contribution in [1.82, 2.24) is 9.97 Å². The topological polar surface area (TPSA) is 76.1 Å². The van der Waals surface area contributed by atoms with Crippen molar-refractivity contribution in [2.24, 2.45) is 0 Å².